The van der Waals surface area contributed by atoms with Gasteiger partial charge in [-0.1, -0.05) is 0 Å². The number of aryl methyl sites for hydroxylation is 1. The molecule has 11 nitrogen and oxygen atoms in total. The number of nitrogens with zero attached hydrogens (tertiary/aromatic N) is 7. The van der Waals surface area contributed by atoms with Gasteiger partial charge in [0.2, 0.25) is 5.95 Å². The van der Waals surface area contributed by atoms with Gasteiger partial charge in [0.25, 0.3) is 0 Å². The summed E-state index contributed by atoms with van der Waals surface area (Å²) < 4.78 is 7.76. The van der Waals surface area contributed by atoms with Crippen LogP contribution in [-0.2, 0) is 0 Å². The molecule has 3 N–H and O–H groups in total. The molecule has 5 heterocycles. The summed E-state index contributed by atoms with van der Waals surface area (Å²) in [5.74, 6) is 2.63. The molecule has 1 saturated heterocycles. The first-order valence-electron chi connectivity index (χ1n) is 11.0. The van der Waals surface area contributed by atoms with Crippen molar-refractivity contribution in [2.75, 3.05) is 23.7 Å². The van der Waals surface area contributed by atoms with Gasteiger partial charge >= 0.3 is 0 Å². The molecule has 0 aliphatic carbocycles. The number of ether oxygens (including phenoxy) is 1. The Kier molecular flexibility index (Phi) is 5.07. The summed E-state index contributed by atoms with van der Waals surface area (Å²) in [4.78, 5) is 22.0. The SMILES string of the molecule is Cc1cc(Nc2ncnc3cnc(N[C@H]4CCNC4)nc23)ccc1Oc1ccn2ncnc2c1. The lowest BCUT2D eigenvalue weighted by Crippen LogP contribution is -2.23. The van der Waals surface area contributed by atoms with E-state index >= 15 is 0 Å². The lowest BCUT2D eigenvalue weighted by Gasteiger charge is -2.13. The molecule has 11 heteroatoms. The van der Waals surface area contributed by atoms with Gasteiger partial charge in [-0.15, -0.1) is 0 Å². The van der Waals surface area contributed by atoms with Crippen LogP contribution in [0.4, 0.5) is 17.5 Å². The molecule has 0 amide bonds. The van der Waals surface area contributed by atoms with Crippen LogP contribution in [0.1, 0.15) is 12.0 Å². The van der Waals surface area contributed by atoms with Gasteiger partial charge in [0, 0.05) is 30.5 Å². The van der Waals surface area contributed by atoms with Crippen LogP contribution in [0.3, 0.4) is 0 Å². The van der Waals surface area contributed by atoms with E-state index in [1.54, 1.807) is 10.7 Å². The topological polar surface area (TPSA) is 127 Å². The Morgan fingerprint density at radius 2 is 2.06 bits per heavy atom. The second-order valence-electron chi connectivity index (χ2n) is 8.12. The van der Waals surface area contributed by atoms with Crippen molar-refractivity contribution >= 4 is 34.1 Å². The molecule has 1 aromatic carbocycles. The van der Waals surface area contributed by atoms with Crippen molar-refractivity contribution in [3.8, 4) is 11.5 Å². The maximum absolute atomic E-state index is 6.07. The van der Waals surface area contributed by atoms with Crippen molar-refractivity contribution in [1.82, 2.24) is 39.9 Å². The summed E-state index contributed by atoms with van der Waals surface area (Å²) in [7, 11) is 0. The summed E-state index contributed by atoms with van der Waals surface area (Å²) in [6, 6.07) is 9.88. The van der Waals surface area contributed by atoms with E-state index in [1.165, 1.54) is 12.7 Å². The van der Waals surface area contributed by atoms with Gasteiger partial charge in [-0.05, 0) is 49.7 Å². The van der Waals surface area contributed by atoms with E-state index in [1.807, 2.05) is 43.5 Å². The van der Waals surface area contributed by atoms with E-state index < -0.39 is 0 Å². The van der Waals surface area contributed by atoms with Gasteiger partial charge in [-0.3, -0.25) is 0 Å². The molecule has 1 fully saturated rings. The van der Waals surface area contributed by atoms with E-state index in [4.69, 9.17) is 4.74 Å². The monoisotopic (exact) mass is 454 g/mol. The van der Waals surface area contributed by atoms with Crippen LogP contribution >= 0.6 is 0 Å². The van der Waals surface area contributed by atoms with Crippen LogP contribution in [0, 0.1) is 6.92 Å². The Morgan fingerprint density at radius 3 is 2.94 bits per heavy atom. The smallest absolute Gasteiger partial charge is 0.223 e. The Morgan fingerprint density at radius 1 is 1.09 bits per heavy atom. The van der Waals surface area contributed by atoms with Gasteiger partial charge in [0.15, 0.2) is 11.5 Å². The minimum atomic E-state index is 0.319. The first-order valence-corrected chi connectivity index (χ1v) is 11.0. The number of pyridine rings is 1. The summed E-state index contributed by atoms with van der Waals surface area (Å²) >= 11 is 0. The van der Waals surface area contributed by atoms with Gasteiger partial charge in [-0.25, -0.2) is 29.4 Å². The van der Waals surface area contributed by atoms with Crippen LogP contribution in [-0.4, -0.2) is 53.7 Å². The highest BCUT2D eigenvalue weighted by Crippen LogP contribution is 2.29. The number of fused-ring (bicyclic) bond motifs is 2. The lowest BCUT2D eigenvalue weighted by molar-refractivity contribution is 0.478. The van der Waals surface area contributed by atoms with Crippen molar-refractivity contribution in [1.29, 1.82) is 0 Å². The molecule has 0 spiro atoms. The molecule has 0 radical (unpaired) electrons. The maximum Gasteiger partial charge on any atom is 0.223 e. The lowest BCUT2D eigenvalue weighted by atomic mass is 10.2. The maximum atomic E-state index is 6.07. The number of aromatic nitrogens is 7. The Balaban J connectivity index is 1.23. The Bertz CT molecular complexity index is 1480. The predicted octanol–water partition coefficient (Wildman–Crippen LogP) is 3.08. The number of rotatable bonds is 6. The average molecular weight is 454 g/mol. The first-order chi connectivity index (χ1) is 16.7. The molecule has 0 bridgehead atoms. The summed E-state index contributed by atoms with van der Waals surface area (Å²) in [6.45, 7) is 3.89. The van der Waals surface area contributed by atoms with Gasteiger partial charge in [0.05, 0.1) is 6.20 Å². The number of nitrogens with one attached hydrogen (secondary N) is 3. The fourth-order valence-electron chi connectivity index (χ4n) is 3.94. The highest BCUT2D eigenvalue weighted by atomic mass is 16.5. The number of hydrogen-bond donors (Lipinski definition) is 3. The molecule has 170 valence electrons. The second kappa shape index (κ2) is 8.52. The third-order valence-corrected chi connectivity index (χ3v) is 5.69. The van der Waals surface area contributed by atoms with E-state index in [9.17, 15) is 0 Å². The van der Waals surface area contributed by atoms with E-state index in [-0.39, 0.29) is 0 Å². The van der Waals surface area contributed by atoms with Crippen LogP contribution < -0.4 is 20.7 Å². The number of hydrogen-bond acceptors (Lipinski definition) is 10. The van der Waals surface area contributed by atoms with Crippen LogP contribution in [0.2, 0.25) is 0 Å². The third kappa shape index (κ3) is 4.04. The highest BCUT2D eigenvalue weighted by molar-refractivity contribution is 5.87. The zero-order valence-electron chi connectivity index (χ0n) is 18.4. The molecule has 0 unspecified atom stereocenters. The molecule has 1 atom stereocenters. The Labute approximate surface area is 194 Å². The first kappa shape index (κ1) is 20.2. The molecule has 34 heavy (non-hydrogen) atoms. The number of benzene rings is 1. The Hall–Kier alpha value is -4.38. The van der Waals surface area contributed by atoms with Crippen molar-refractivity contribution in [2.24, 2.45) is 0 Å². The fraction of sp³-hybridized carbons (Fsp3) is 0.217. The number of anilines is 3. The minimum absolute atomic E-state index is 0.319. The van der Waals surface area contributed by atoms with E-state index in [0.717, 1.165) is 42.2 Å². The van der Waals surface area contributed by atoms with Crippen molar-refractivity contribution in [3.05, 3.63) is 60.9 Å². The zero-order chi connectivity index (χ0) is 22.9. The van der Waals surface area contributed by atoms with E-state index in [0.29, 0.717) is 34.6 Å². The van der Waals surface area contributed by atoms with Crippen LogP contribution in [0.25, 0.3) is 16.7 Å². The van der Waals surface area contributed by atoms with Crippen molar-refractivity contribution < 1.29 is 4.74 Å². The summed E-state index contributed by atoms with van der Waals surface area (Å²) in [5.41, 5.74) is 3.89. The van der Waals surface area contributed by atoms with Crippen LogP contribution in [0.15, 0.2) is 55.4 Å². The molecule has 4 aromatic heterocycles. The quantitative estimate of drug-likeness (QED) is 0.352. The third-order valence-electron chi connectivity index (χ3n) is 5.69. The molecule has 1 aliphatic heterocycles. The molecular weight excluding hydrogens is 432 g/mol. The summed E-state index contributed by atoms with van der Waals surface area (Å²) in [6.07, 6.45) is 7.59. The fourth-order valence-corrected chi connectivity index (χ4v) is 3.94. The minimum Gasteiger partial charge on any atom is -0.457 e. The zero-order valence-corrected chi connectivity index (χ0v) is 18.4. The van der Waals surface area contributed by atoms with Crippen molar-refractivity contribution in [3.63, 3.8) is 0 Å². The normalized spacial score (nSPS) is 15.6. The second-order valence-corrected chi connectivity index (χ2v) is 8.12. The van der Waals surface area contributed by atoms with E-state index in [2.05, 4.69) is 46.0 Å². The molecule has 1 aliphatic rings. The van der Waals surface area contributed by atoms with Gasteiger partial charge in [-0.2, -0.15) is 5.10 Å². The molecule has 5 aromatic rings. The van der Waals surface area contributed by atoms with Gasteiger partial charge in [0.1, 0.15) is 35.2 Å². The average Bonchev–Trinajstić information content (AvgIpc) is 3.53. The molecule has 6 rings (SSSR count). The van der Waals surface area contributed by atoms with Crippen molar-refractivity contribution in [2.45, 2.75) is 19.4 Å². The molecule has 0 saturated carbocycles. The predicted molar refractivity (Wildman–Crippen MR) is 128 cm³/mol. The highest BCUT2D eigenvalue weighted by Gasteiger charge is 2.16. The van der Waals surface area contributed by atoms with Crippen LogP contribution in [0.5, 0.6) is 11.5 Å². The van der Waals surface area contributed by atoms with Gasteiger partial charge < -0.3 is 20.7 Å². The molecular formula is C23H22N10O. The largest absolute Gasteiger partial charge is 0.457 e. The summed E-state index contributed by atoms with van der Waals surface area (Å²) in [5, 5.41) is 14.2. The standard InChI is InChI=1S/C23H22N10O/c1-14-8-15(2-3-19(14)34-17-5-7-33-20(9-17)27-13-29-33)30-22-21-18(26-12-28-22)11-25-23(32-21)31-16-4-6-24-10-16/h2-3,5,7-9,11-13,16,24H,4,6,10H2,1H3,(H,25,31,32)(H,26,28,30)/t16-/m0/s1.